The zero-order valence-corrected chi connectivity index (χ0v) is 16.5. The molecule has 130 valence electrons. The molecule has 0 aliphatic carbocycles. The Morgan fingerprint density at radius 1 is 1.43 bits per heavy atom. The first-order valence-corrected chi connectivity index (χ1v) is 8.43. The molecule has 1 fully saturated rings. The topological polar surface area (TPSA) is 84.0 Å². The van der Waals surface area contributed by atoms with Crippen molar-refractivity contribution in [2.24, 2.45) is 10.7 Å². The maximum atomic E-state index is 11.2. The highest BCUT2D eigenvalue weighted by Gasteiger charge is 2.19. The van der Waals surface area contributed by atoms with Gasteiger partial charge in [0.05, 0.1) is 6.61 Å². The summed E-state index contributed by atoms with van der Waals surface area (Å²) in [6.45, 7) is 6.25. The van der Waals surface area contributed by atoms with Crippen molar-refractivity contribution in [3.63, 3.8) is 0 Å². The van der Waals surface area contributed by atoms with Crippen molar-refractivity contribution < 1.29 is 9.53 Å². The molecule has 1 aliphatic rings. The summed E-state index contributed by atoms with van der Waals surface area (Å²) >= 11 is 1.65. The molecule has 0 radical (unpaired) electrons. The highest BCUT2D eigenvalue weighted by Crippen LogP contribution is 2.18. The molecule has 1 aliphatic heterocycles. The van der Waals surface area contributed by atoms with Crippen LogP contribution in [0.15, 0.2) is 16.6 Å². The lowest BCUT2D eigenvalue weighted by Crippen LogP contribution is -2.51. The van der Waals surface area contributed by atoms with E-state index in [0.29, 0.717) is 32.0 Å². The number of guanidine groups is 1. The third-order valence-corrected chi connectivity index (χ3v) is 4.24. The molecular weight excluding hydrogens is 429 g/mol. The van der Waals surface area contributed by atoms with Gasteiger partial charge in [-0.2, -0.15) is 0 Å². The standard InChI is InChI=1S/C14H23N5O2S.HI/c1-2-21-12(20)4-3-5-16-13(15)18-7-9-19(10-8-18)14-17-6-11-22-14;/h6,11H,2-5,7-10H2,1H3,(H2,15,16);1H. The second-order valence-corrected chi connectivity index (χ2v) is 5.81. The quantitative estimate of drug-likeness (QED) is 0.231. The Morgan fingerprint density at radius 3 is 2.78 bits per heavy atom. The number of ether oxygens (including phenoxy) is 1. The zero-order chi connectivity index (χ0) is 15.8. The molecule has 0 bridgehead atoms. The molecular formula is C14H24IN5O2S. The largest absolute Gasteiger partial charge is 0.466 e. The Kier molecular flexibility index (Phi) is 9.22. The van der Waals surface area contributed by atoms with Gasteiger partial charge in [-0.3, -0.25) is 9.79 Å². The third-order valence-electron chi connectivity index (χ3n) is 3.41. The highest BCUT2D eigenvalue weighted by atomic mass is 127. The Bertz CT molecular complexity index is 489. The molecule has 2 rings (SSSR count). The van der Waals surface area contributed by atoms with Gasteiger partial charge in [0.2, 0.25) is 0 Å². The van der Waals surface area contributed by atoms with E-state index < -0.39 is 0 Å². The fourth-order valence-corrected chi connectivity index (χ4v) is 2.95. The molecule has 1 aromatic heterocycles. The van der Waals surface area contributed by atoms with E-state index in [0.717, 1.165) is 31.3 Å². The summed E-state index contributed by atoms with van der Waals surface area (Å²) in [7, 11) is 0. The van der Waals surface area contributed by atoms with E-state index in [1.165, 1.54) is 0 Å². The molecule has 2 heterocycles. The predicted molar refractivity (Wildman–Crippen MR) is 104 cm³/mol. The van der Waals surface area contributed by atoms with Crippen LogP contribution in [0.25, 0.3) is 0 Å². The fourth-order valence-electron chi connectivity index (χ4n) is 2.25. The smallest absolute Gasteiger partial charge is 0.305 e. The highest BCUT2D eigenvalue weighted by molar-refractivity contribution is 14.0. The molecule has 1 aromatic rings. The van der Waals surface area contributed by atoms with Crippen LogP contribution in [-0.4, -0.2) is 61.1 Å². The lowest BCUT2D eigenvalue weighted by Gasteiger charge is -2.35. The first-order chi connectivity index (χ1) is 10.7. The number of piperazine rings is 1. The molecule has 1 saturated heterocycles. The maximum absolute atomic E-state index is 11.2. The van der Waals surface area contributed by atoms with Crippen molar-refractivity contribution >= 4 is 52.4 Å². The molecule has 23 heavy (non-hydrogen) atoms. The number of halogens is 1. The van der Waals surface area contributed by atoms with Crippen LogP contribution >= 0.6 is 35.3 Å². The molecule has 0 unspecified atom stereocenters. The molecule has 0 spiro atoms. The van der Waals surface area contributed by atoms with Gasteiger partial charge in [-0.15, -0.1) is 35.3 Å². The van der Waals surface area contributed by atoms with E-state index in [-0.39, 0.29) is 29.9 Å². The van der Waals surface area contributed by atoms with Crippen molar-refractivity contribution in [3.05, 3.63) is 11.6 Å². The van der Waals surface area contributed by atoms with Gasteiger partial charge >= 0.3 is 5.97 Å². The SMILES string of the molecule is CCOC(=O)CCCN=C(N)N1CCN(c2nccs2)CC1.I. The summed E-state index contributed by atoms with van der Waals surface area (Å²) in [5, 5.41) is 3.05. The lowest BCUT2D eigenvalue weighted by molar-refractivity contribution is -0.143. The monoisotopic (exact) mass is 453 g/mol. The van der Waals surface area contributed by atoms with Crippen LogP contribution in [0.3, 0.4) is 0 Å². The third kappa shape index (κ3) is 6.50. The minimum Gasteiger partial charge on any atom is -0.466 e. The number of rotatable bonds is 6. The number of nitrogens with two attached hydrogens (primary N) is 1. The number of hydrogen-bond acceptors (Lipinski definition) is 6. The number of aromatic nitrogens is 1. The average Bonchev–Trinajstić information content (AvgIpc) is 3.06. The van der Waals surface area contributed by atoms with E-state index in [2.05, 4.69) is 19.8 Å². The molecule has 2 N–H and O–H groups in total. The number of carbonyl (C=O) groups is 1. The molecule has 0 saturated carbocycles. The minimum absolute atomic E-state index is 0. The fraction of sp³-hybridized carbons (Fsp3) is 0.643. The first-order valence-electron chi connectivity index (χ1n) is 7.55. The molecule has 0 atom stereocenters. The van der Waals surface area contributed by atoms with Crippen molar-refractivity contribution in [1.29, 1.82) is 0 Å². The van der Waals surface area contributed by atoms with Crippen LogP contribution in [-0.2, 0) is 9.53 Å². The lowest BCUT2D eigenvalue weighted by atomic mass is 10.3. The summed E-state index contributed by atoms with van der Waals surface area (Å²) in [4.78, 5) is 24.2. The van der Waals surface area contributed by atoms with E-state index in [9.17, 15) is 4.79 Å². The number of aliphatic imine (C=N–C) groups is 1. The average molecular weight is 453 g/mol. The van der Waals surface area contributed by atoms with Gasteiger partial charge in [0, 0.05) is 50.7 Å². The Hall–Kier alpha value is -1.10. The minimum atomic E-state index is -0.173. The van der Waals surface area contributed by atoms with Crippen molar-refractivity contribution in [1.82, 2.24) is 9.88 Å². The summed E-state index contributed by atoms with van der Waals surface area (Å²) < 4.78 is 4.87. The van der Waals surface area contributed by atoms with Crippen LogP contribution < -0.4 is 10.6 Å². The molecule has 7 nitrogen and oxygen atoms in total. The summed E-state index contributed by atoms with van der Waals surface area (Å²) in [6, 6.07) is 0. The summed E-state index contributed by atoms with van der Waals surface area (Å²) in [5.41, 5.74) is 6.02. The Morgan fingerprint density at radius 2 is 2.17 bits per heavy atom. The van der Waals surface area contributed by atoms with Gasteiger partial charge in [-0.05, 0) is 13.3 Å². The van der Waals surface area contributed by atoms with Crippen molar-refractivity contribution in [3.8, 4) is 0 Å². The molecule has 0 amide bonds. The number of anilines is 1. The Labute approximate surface area is 157 Å². The van der Waals surface area contributed by atoms with Crippen molar-refractivity contribution in [2.45, 2.75) is 19.8 Å². The van der Waals surface area contributed by atoms with Gasteiger partial charge in [-0.1, -0.05) is 0 Å². The Balaban J connectivity index is 0.00000264. The summed E-state index contributed by atoms with van der Waals surface area (Å²) in [6.07, 6.45) is 2.88. The van der Waals surface area contributed by atoms with Gasteiger partial charge < -0.3 is 20.3 Å². The second kappa shape index (κ2) is 10.6. The van der Waals surface area contributed by atoms with Gasteiger partial charge in [0.15, 0.2) is 11.1 Å². The number of hydrogen-bond donors (Lipinski definition) is 1. The van der Waals surface area contributed by atoms with Crippen LogP contribution in [0.4, 0.5) is 5.13 Å². The second-order valence-electron chi connectivity index (χ2n) is 4.94. The maximum Gasteiger partial charge on any atom is 0.305 e. The summed E-state index contributed by atoms with van der Waals surface area (Å²) in [5.74, 6) is 0.385. The van der Waals surface area contributed by atoms with Crippen LogP contribution in [0, 0.1) is 0 Å². The number of nitrogens with zero attached hydrogens (tertiary/aromatic N) is 4. The van der Waals surface area contributed by atoms with Crippen LogP contribution in [0.5, 0.6) is 0 Å². The van der Waals surface area contributed by atoms with Crippen LogP contribution in [0.2, 0.25) is 0 Å². The normalized spacial score (nSPS) is 15.3. The van der Waals surface area contributed by atoms with E-state index >= 15 is 0 Å². The van der Waals surface area contributed by atoms with Crippen molar-refractivity contribution in [2.75, 3.05) is 44.2 Å². The molecule has 9 heteroatoms. The first kappa shape index (κ1) is 19.9. The van der Waals surface area contributed by atoms with Gasteiger partial charge in [0.1, 0.15) is 0 Å². The van der Waals surface area contributed by atoms with Crippen LogP contribution in [0.1, 0.15) is 19.8 Å². The number of thiazole rings is 1. The number of esters is 1. The zero-order valence-electron chi connectivity index (χ0n) is 13.3. The van der Waals surface area contributed by atoms with Gasteiger partial charge in [0.25, 0.3) is 0 Å². The predicted octanol–water partition coefficient (Wildman–Crippen LogP) is 1.54. The van der Waals surface area contributed by atoms with Gasteiger partial charge in [-0.25, -0.2) is 4.98 Å². The molecule has 0 aromatic carbocycles. The van der Waals surface area contributed by atoms with E-state index in [4.69, 9.17) is 10.5 Å². The number of carbonyl (C=O) groups excluding carboxylic acids is 1. The van der Waals surface area contributed by atoms with E-state index in [1.807, 2.05) is 11.6 Å². The van der Waals surface area contributed by atoms with E-state index in [1.54, 1.807) is 18.3 Å².